The summed E-state index contributed by atoms with van der Waals surface area (Å²) in [5.41, 5.74) is 2.06. The number of carbonyl (C=O) groups is 2. The third kappa shape index (κ3) is 9.42. The molecule has 0 aliphatic rings. The monoisotopic (exact) mass is 733 g/mol. The minimum atomic E-state index is -4.36. The van der Waals surface area contributed by atoms with E-state index in [0.717, 1.165) is 15.4 Å². The van der Waals surface area contributed by atoms with Crippen LogP contribution < -0.4 is 9.62 Å². The molecule has 248 valence electrons. The average molecular weight is 736 g/mol. The van der Waals surface area contributed by atoms with Crippen molar-refractivity contribution in [3.05, 3.63) is 128 Å². The molecule has 7 nitrogen and oxygen atoms in total. The lowest BCUT2D eigenvalue weighted by atomic mass is 10.0. The number of rotatable bonds is 13. The molecule has 0 radical (unpaired) electrons. The minimum absolute atomic E-state index is 0.00712. The number of anilines is 1. The zero-order valence-electron chi connectivity index (χ0n) is 26.1. The second-order valence-electron chi connectivity index (χ2n) is 11.5. The molecule has 1 N–H and O–H groups in total. The number of amides is 2. The zero-order valence-corrected chi connectivity index (χ0v) is 29.9. The number of aryl methyl sites for hydroxylation is 1. The Bertz CT molecular complexity index is 1800. The molecule has 0 aromatic heterocycles. The van der Waals surface area contributed by atoms with E-state index in [1.165, 1.54) is 35.2 Å². The first kappa shape index (κ1) is 36.6. The molecule has 1 atom stereocenters. The normalized spacial score (nSPS) is 12.1. The van der Waals surface area contributed by atoms with Crippen LogP contribution in [0, 0.1) is 12.8 Å². The van der Waals surface area contributed by atoms with Crippen molar-refractivity contribution in [3.63, 3.8) is 0 Å². The predicted molar refractivity (Wildman–Crippen MR) is 191 cm³/mol. The maximum Gasteiger partial charge on any atom is 0.264 e. The number of halogens is 4. The Morgan fingerprint density at radius 2 is 1.45 bits per heavy atom. The molecule has 4 aromatic rings. The lowest BCUT2D eigenvalue weighted by Crippen LogP contribution is -2.53. The molecule has 0 aliphatic carbocycles. The van der Waals surface area contributed by atoms with Crippen molar-refractivity contribution in [2.45, 2.75) is 44.7 Å². The Kier molecular flexibility index (Phi) is 12.6. The summed E-state index contributed by atoms with van der Waals surface area (Å²) in [5, 5.41) is 3.81. The highest BCUT2D eigenvalue weighted by Gasteiger charge is 2.36. The van der Waals surface area contributed by atoms with Gasteiger partial charge in [-0.25, -0.2) is 8.42 Å². The maximum atomic E-state index is 14.6. The Morgan fingerprint density at radius 3 is 2.06 bits per heavy atom. The van der Waals surface area contributed by atoms with E-state index < -0.39 is 34.4 Å². The Balaban J connectivity index is 1.86. The third-order valence-corrected chi connectivity index (χ3v) is 10.4. The fourth-order valence-corrected chi connectivity index (χ4v) is 7.24. The van der Waals surface area contributed by atoms with E-state index in [-0.39, 0.29) is 39.5 Å². The van der Waals surface area contributed by atoms with Gasteiger partial charge in [-0.1, -0.05) is 114 Å². The molecule has 4 rings (SSSR count). The van der Waals surface area contributed by atoms with Gasteiger partial charge in [0.2, 0.25) is 11.8 Å². The van der Waals surface area contributed by atoms with Crippen LogP contribution in [-0.4, -0.2) is 44.3 Å². The number of hydrogen-bond acceptors (Lipinski definition) is 4. The number of hydrogen-bond donors (Lipinski definition) is 1. The predicted octanol–water partition coefficient (Wildman–Crippen LogP) is 8.22. The van der Waals surface area contributed by atoms with Crippen molar-refractivity contribution in [2.75, 3.05) is 17.4 Å². The lowest BCUT2D eigenvalue weighted by Gasteiger charge is -2.34. The number of nitrogens with zero attached hydrogens (tertiary/aromatic N) is 2. The number of benzene rings is 4. The topological polar surface area (TPSA) is 86.8 Å². The van der Waals surface area contributed by atoms with E-state index in [1.807, 2.05) is 51.1 Å². The van der Waals surface area contributed by atoms with Gasteiger partial charge in [0, 0.05) is 40.1 Å². The second kappa shape index (κ2) is 16.2. The summed E-state index contributed by atoms with van der Waals surface area (Å²) in [4.78, 5) is 29.8. The van der Waals surface area contributed by atoms with Crippen LogP contribution in [0.15, 0.2) is 95.9 Å². The summed E-state index contributed by atoms with van der Waals surface area (Å²) in [5.74, 6) is -0.959. The van der Waals surface area contributed by atoms with Crippen LogP contribution in [-0.2, 0) is 32.6 Å². The molecule has 0 bridgehead atoms. The van der Waals surface area contributed by atoms with Crippen LogP contribution >= 0.6 is 46.4 Å². The highest BCUT2D eigenvalue weighted by molar-refractivity contribution is 7.92. The van der Waals surface area contributed by atoms with E-state index >= 15 is 0 Å². The van der Waals surface area contributed by atoms with Gasteiger partial charge in [0.1, 0.15) is 12.6 Å². The Labute approximate surface area is 296 Å². The van der Waals surface area contributed by atoms with Gasteiger partial charge in [-0.15, -0.1) is 0 Å². The summed E-state index contributed by atoms with van der Waals surface area (Å²) in [7, 11) is -4.36. The standard InChI is InChI=1S/C35H35Cl4N3O4S/c1-23(2)20-40-35(44)33(18-25-8-5-4-6-9-25)41(21-28-29(37)10-7-11-30(28)38)34(43)22-42(32-19-26(36)14-17-31(32)39)47(45,46)27-15-12-24(3)13-16-27/h4-17,19,23,33H,18,20-22H2,1-3H3,(H,40,44)/t33-/m1/s1. The first-order chi connectivity index (χ1) is 22.3. The van der Waals surface area contributed by atoms with E-state index in [0.29, 0.717) is 22.2 Å². The van der Waals surface area contributed by atoms with Crippen LogP contribution in [0.4, 0.5) is 5.69 Å². The molecule has 4 aromatic carbocycles. The van der Waals surface area contributed by atoms with Gasteiger partial charge in [-0.2, -0.15) is 0 Å². The van der Waals surface area contributed by atoms with E-state index in [1.54, 1.807) is 30.3 Å². The van der Waals surface area contributed by atoms with Crippen LogP contribution in [0.3, 0.4) is 0 Å². The maximum absolute atomic E-state index is 14.6. The number of nitrogens with one attached hydrogen (secondary N) is 1. The van der Waals surface area contributed by atoms with Gasteiger partial charge in [0.05, 0.1) is 15.6 Å². The molecule has 0 unspecified atom stereocenters. The number of sulfonamides is 1. The Hall–Kier alpha value is -3.27. The van der Waals surface area contributed by atoms with Crippen LogP contribution in [0.5, 0.6) is 0 Å². The molecular formula is C35H35Cl4N3O4S. The van der Waals surface area contributed by atoms with Crippen molar-refractivity contribution in [2.24, 2.45) is 5.92 Å². The molecule has 0 heterocycles. The smallest absolute Gasteiger partial charge is 0.264 e. The van der Waals surface area contributed by atoms with Gasteiger partial charge in [0.25, 0.3) is 10.0 Å². The quantitative estimate of drug-likeness (QED) is 0.150. The average Bonchev–Trinajstić information content (AvgIpc) is 3.03. The molecular weight excluding hydrogens is 700 g/mol. The van der Waals surface area contributed by atoms with Gasteiger partial charge in [-0.3, -0.25) is 13.9 Å². The van der Waals surface area contributed by atoms with Crippen LogP contribution in [0.25, 0.3) is 0 Å². The second-order valence-corrected chi connectivity index (χ2v) is 15.0. The molecule has 2 amide bonds. The fraction of sp³-hybridized carbons (Fsp3) is 0.257. The largest absolute Gasteiger partial charge is 0.354 e. The summed E-state index contributed by atoms with van der Waals surface area (Å²) in [6.45, 7) is 5.24. The molecule has 0 aliphatic heterocycles. The molecule has 47 heavy (non-hydrogen) atoms. The van der Waals surface area contributed by atoms with Crippen LogP contribution in [0.1, 0.15) is 30.5 Å². The first-order valence-electron chi connectivity index (χ1n) is 14.9. The van der Waals surface area contributed by atoms with Gasteiger partial charge >= 0.3 is 0 Å². The molecule has 12 heteroatoms. The number of carbonyl (C=O) groups excluding carboxylic acids is 2. The Morgan fingerprint density at radius 1 is 0.809 bits per heavy atom. The van der Waals surface area contributed by atoms with Crippen molar-refractivity contribution in [1.29, 1.82) is 0 Å². The summed E-state index contributed by atoms with van der Waals surface area (Å²) < 4.78 is 29.4. The minimum Gasteiger partial charge on any atom is -0.354 e. The van der Waals surface area contributed by atoms with E-state index in [2.05, 4.69) is 5.32 Å². The van der Waals surface area contributed by atoms with Gasteiger partial charge in [-0.05, 0) is 60.9 Å². The van der Waals surface area contributed by atoms with Crippen molar-refractivity contribution < 1.29 is 18.0 Å². The SMILES string of the molecule is Cc1ccc(S(=O)(=O)N(CC(=O)N(Cc2c(Cl)cccc2Cl)[C@H](Cc2ccccc2)C(=O)NCC(C)C)c2cc(Cl)ccc2Cl)cc1. The van der Waals surface area contributed by atoms with Crippen molar-refractivity contribution in [3.8, 4) is 0 Å². The summed E-state index contributed by atoms with van der Waals surface area (Å²) in [6.07, 6.45) is 0.140. The third-order valence-electron chi connectivity index (χ3n) is 7.41. The highest BCUT2D eigenvalue weighted by Crippen LogP contribution is 2.34. The van der Waals surface area contributed by atoms with Crippen molar-refractivity contribution in [1.82, 2.24) is 10.2 Å². The highest BCUT2D eigenvalue weighted by atomic mass is 35.5. The van der Waals surface area contributed by atoms with Crippen LogP contribution in [0.2, 0.25) is 20.1 Å². The van der Waals surface area contributed by atoms with Gasteiger partial charge < -0.3 is 10.2 Å². The molecule has 0 saturated carbocycles. The van der Waals surface area contributed by atoms with Crippen molar-refractivity contribution >= 4 is 73.9 Å². The summed E-state index contributed by atoms with van der Waals surface area (Å²) in [6, 6.07) is 23.7. The zero-order chi connectivity index (χ0) is 34.3. The molecule has 0 spiro atoms. The summed E-state index contributed by atoms with van der Waals surface area (Å²) >= 11 is 26.0. The van der Waals surface area contributed by atoms with E-state index in [4.69, 9.17) is 46.4 Å². The molecule has 0 saturated heterocycles. The van der Waals surface area contributed by atoms with Gasteiger partial charge in [0.15, 0.2) is 0 Å². The van der Waals surface area contributed by atoms with E-state index in [9.17, 15) is 18.0 Å². The lowest BCUT2D eigenvalue weighted by molar-refractivity contribution is -0.140. The first-order valence-corrected chi connectivity index (χ1v) is 17.8. The molecule has 0 fully saturated rings. The fourth-order valence-electron chi connectivity index (χ4n) is 4.86.